The Kier molecular flexibility index (Phi) is 5.04. The summed E-state index contributed by atoms with van der Waals surface area (Å²) in [5.74, 6) is -1.90. The summed E-state index contributed by atoms with van der Waals surface area (Å²) in [6.45, 7) is 3.10. The standard InChI is InChI=1S/C10H13NO6S2/c1-3-17-10(14)6(2)11-19(15,16)7-4-8(9(12)13)18-5-7/h4-6,11H,3H2,1-2H3,(H,12,13). The molecule has 0 aliphatic rings. The van der Waals surface area contributed by atoms with Crippen LogP contribution in [0.25, 0.3) is 0 Å². The molecule has 0 fully saturated rings. The lowest BCUT2D eigenvalue weighted by molar-refractivity contribution is -0.144. The molecule has 0 saturated heterocycles. The Morgan fingerprint density at radius 3 is 2.63 bits per heavy atom. The van der Waals surface area contributed by atoms with Gasteiger partial charge in [-0.05, 0) is 19.9 Å². The Morgan fingerprint density at radius 1 is 1.53 bits per heavy atom. The van der Waals surface area contributed by atoms with E-state index >= 15 is 0 Å². The fourth-order valence-corrected chi connectivity index (χ4v) is 3.49. The van der Waals surface area contributed by atoms with Crippen LogP contribution in [0.3, 0.4) is 0 Å². The summed E-state index contributed by atoms with van der Waals surface area (Å²) in [5, 5.41) is 9.92. The molecule has 9 heteroatoms. The molecule has 2 N–H and O–H groups in total. The molecule has 0 radical (unpaired) electrons. The van der Waals surface area contributed by atoms with Gasteiger partial charge in [0.1, 0.15) is 10.9 Å². The number of rotatable bonds is 6. The topological polar surface area (TPSA) is 110 Å². The molecule has 7 nitrogen and oxygen atoms in total. The SMILES string of the molecule is CCOC(=O)C(C)NS(=O)(=O)c1csc(C(=O)O)c1. The highest BCUT2D eigenvalue weighted by Gasteiger charge is 2.24. The number of carboxylic acid groups (broad SMARTS) is 1. The molecule has 1 rings (SSSR count). The van der Waals surface area contributed by atoms with Crippen LogP contribution in [0.5, 0.6) is 0 Å². The molecule has 0 bridgehead atoms. The minimum Gasteiger partial charge on any atom is -0.477 e. The molecule has 0 spiro atoms. The van der Waals surface area contributed by atoms with Gasteiger partial charge in [-0.1, -0.05) is 0 Å². The van der Waals surface area contributed by atoms with Gasteiger partial charge in [0.15, 0.2) is 0 Å². The van der Waals surface area contributed by atoms with Gasteiger partial charge >= 0.3 is 11.9 Å². The number of esters is 1. The Hall–Kier alpha value is -1.45. The summed E-state index contributed by atoms with van der Waals surface area (Å²) in [6, 6.07) is -0.00847. The zero-order chi connectivity index (χ0) is 14.6. The highest BCUT2D eigenvalue weighted by atomic mass is 32.2. The third kappa shape index (κ3) is 4.01. The number of hydrogen-bond acceptors (Lipinski definition) is 6. The zero-order valence-electron chi connectivity index (χ0n) is 10.2. The van der Waals surface area contributed by atoms with Gasteiger partial charge in [0.25, 0.3) is 0 Å². The quantitative estimate of drug-likeness (QED) is 0.748. The lowest BCUT2D eigenvalue weighted by Crippen LogP contribution is -2.39. The van der Waals surface area contributed by atoms with Crippen molar-refractivity contribution in [2.24, 2.45) is 0 Å². The Labute approximate surface area is 114 Å². The lowest BCUT2D eigenvalue weighted by Gasteiger charge is -2.11. The lowest BCUT2D eigenvalue weighted by atomic mass is 10.4. The zero-order valence-corrected chi connectivity index (χ0v) is 11.9. The second kappa shape index (κ2) is 6.13. The van der Waals surface area contributed by atoms with E-state index in [1.807, 2.05) is 0 Å². The third-order valence-electron chi connectivity index (χ3n) is 2.07. The number of nitrogens with one attached hydrogen (secondary N) is 1. The number of ether oxygens (including phenoxy) is 1. The summed E-state index contributed by atoms with van der Waals surface area (Å²) < 4.78 is 30.6. The number of aromatic carboxylic acids is 1. The van der Waals surface area contributed by atoms with Crippen LogP contribution in [0.4, 0.5) is 0 Å². The number of carbonyl (C=O) groups excluding carboxylic acids is 1. The molecule has 1 aromatic rings. The van der Waals surface area contributed by atoms with Crippen molar-refractivity contribution in [3.8, 4) is 0 Å². The number of hydrogen-bond donors (Lipinski definition) is 2. The predicted octanol–water partition coefficient (Wildman–Crippen LogP) is 0.676. The first-order valence-corrected chi connectivity index (χ1v) is 7.65. The number of thiophene rings is 1. The van der Waals surface area contributed by atoms with Crippen molar-refractivity contribution in [1.29, 1.82) is 0 Å². The van der Waals surface area contributed by atoms with E-state index in [1.165, 1.54) is 12.3 Å². The molecule has 1 unspecified atom stereocenters. The Morgan fingerprint density at radius 2 is 2.16 bits per heavy atom. The summed E-state index contributed by atoms with van der Waals surface area (Å²) >= 11 is 0.795. The number of sulfonamides is 1. The molecule has 0 amide bonds. The van der Waals surface area contributed by atoms with E-state index in [9.17, 15) is 18.0 Å². The average Bonchev–Trinajstić information content (AvgIpc) is 2.78. The molecule has 1 heterocycles. The van der Waals surface area contributed by atoms with Gasteiger partial charge < -0.3 is 9.84 Å². The van der Waals surface area contributed by atoms with Crippen molar-refractivity contribution in [3.05, 3.63) is 16.3 Å². The van der Waals surface area contributed by atoms with Crippen LogP contribution >= 0.6 is 11.3 Å². The van der Waals surface area contributed by atoms with Crippen LogP contribution in [-0.4, -0.2) is 38.1 Å². The van der Waals surface area contributed by atoms with E-state index in [4.69, 9.17) is 5.11 Å². The molecule has 19 heavy (non-hydrogen) atoms. The molecular weight excluding hydrogens is 294 g/mol. The van der Waals surface area contributed by atoms with Crippen LogP contribution in [0.1, 0.15) is 23.5 Å². The highest BCUT2D eigenvalue weighted by molar-refractivity contribution is 7.89. The van der Waals surface area contributed by atoms with Crippen molar-refractivity contribution < 1.29 is 27.9 Å². The Balaban J connectivity index is 2.86. The molecular formula is C10H13NO6S2. The first kappa shape index (κ1) is 15.6. The van der Waals surface area contributed by atoms with Crippen molar-refractivity contribution in [2.75, 3.05) is 6.61 Å². The third-order valence-corrected chi connectivity index (χ3v) is 4.66. The van der Waals surface area contributed by atoms with Crippen LogP contribution in [0.15, 0.2) is 16.3 Å². The van der Waals surface area contributed by atoms with Gasteiger partial charge in [-0.15, -0.1) is 11.3 Å². The molecule has 106 valence electrons. The average molecular weight is 307 g/mol. The van der Waals surface area contributed by atoms with E-state index in [0.717, 1.165) is 17.4 Å². The molecule has 0 aliphatic carbocycles. The van der Waals surface area contributed by atoms with Crippen LogP contribution in [0.2, 0.25) is 0 Å². The van der Waals surface area contributed by atoms with Crippen molar-refractivity contribution in [2.45, 2.75) is 24.8 Å². The Bertz CT molecular complexity index is 577. The summed E-state index contributed by atoms with van der Waals surface area (Å²) in [5.41, 5.74) is 0. The largest absolute Gasteiger partial charge is 0.477 e. The minimum absolute atomic E-state index is 0.0934. The van der Waals surface area contributed by atoms with Crippen LogP contribution in [-0.2, 0) is 19.6 Å². The monoisotopic (exact) mass is 307 g/mol. The maximum Gasteiger partial charge on any atom is 0.345 e. The van der Waals surface area contributed by atoms with Gasteiger partial charge in [0, 0.05) is 5.38 Å². The van der Waals surface area contributed by atoms with E-state index in [0.29, 0.717) is 0 Å². The van der Waals surface area contributed by atoms with E-state index in [1.54, 1.807) is 6.92 Å². The first-order chi connectivity index (χ1) is 8.77. The van der Waals surface area contributed by atoms with Crippen LogP contribution in [0, 0.1) is 0 Å². The molecule has 0 saturated carbocycles. The van der Waals surface area contributed by atoms with Crippen molar-refractivity contribution in [1.82, 2.24) is 4.72 Å². The molecule has 0 aliphatic heterocycles. The molecule has 1 atom stereocenters. The van der Waals surface area contributed by atoms with E-state index < -0.39 is 28.0 Å². The van der Waals surface area contributed by atoms with Gasteiger partial charge in [0.2, 0.25) is 10.0 Å². The number of carboxylic acids is 1. The number of carbonyl (C=O) groups is 2. The summed E-state index contributed by atoms with van der Waals surface area (Å²) in [4.78, 5) is 21.7. The van der Waals surface area contributed by atoms with Gasteiger partial charge in [-0.2, -0.15) is 4.72 Å². The highest BCUT2D eigenvalue weighted by Crippen LogP contribution is 2.19. The summed E-state index contributed by atoms with van der Waals surface area (Å²) in [6.07, 6.45) is 0. The van der Waals surface area contributed by atoms with Crippen LogP contribution < -0.4 is 4.72 Å². The maximum atomic E-state index is 11.9. The van der Waals surface area contributed by atoms with Crippen molar-refractivity contribution >= 4 is 33.3 Å². The van der Waals surface area contributed by atoms with Gasteiger partial charge in [-0.3, -0.25) is 4.79 Å². The maximum absolute atomic E-state index is 11.9. The van der Waals surface area contributed by atoms with Gasteiger partial charge in [-0.25, -0.2) is 13.2 Å². The second-order valence-electron chi connectivity index (χ2n) is 3.55. The first-order valence-electron chi connectivity index (χ1n) is 5.28. The van der Waals surface area contributed by atoms with Crippen molar-refractivity contribution in [3.63, 3.8) is 0 Å². The fourth-order valence-electron chi connectivity index (χ4n) is 1.19. The van der Waals surface area contributed by atoms with Gasteiger partial charge in [0.05, 0.1) is 11.5 Å². The summed E-state index contributed by atoms with van der Waals surface area (Å²) in [7, 11) is -3.94. The minimum atomic E-state index is -3.94. The molecule has 1 aromatic heterocycles. The van der Waals surface area contributed by atoms with E-state index in [2.05, 4.69) is 9.46 Å². The normalized spacial score (nSPS) is 12.9. The predicted molar refractivity (Wildman–Crippen MR) is 67.7 cm³/mol. The molecule has 0 aromatic carbocycles. The fraction of sp³-hybridized carbons (Fsp3) is 0.400. The second-order valence-corrected chi connectivity index (χ2v) is 6.17. The smallest absolute Gasteiger partial charge is 0.345 e. The van der Waals surface area contributed by atoms with E-state index in [-0.39, 0.29) is 16.4 Å².